The Morgan fingerprint density at radius 2 is 2.00 bits per heavy atom. The predicted molar refractivity (Wildman–Crippen MR) is 85.7 cm³/mol. The van der Waals surface area contributed by atoms with Crippen LogP contribution in [0.3, 0.4) is 0 Å². The molecule has 3 rings (SSSR count). The minimum atomic E-state index is -0.177. The average Bonchev–Trinajstić information content (AvgIpc) is 2.90. The first-order chi connectivity index (χ1) is 9.78. The molecule has 0 amide bonds. The normalized spacial score (nSPS) is 35.3. The van der Waals surface area contributed by atoms with E-state index < -0.39 is 0 Å². The van der Waals surface area contributed by atoms with E-state index in [1.165, 1.54) is 18.4 Å². The van der Waals surface area contributed by atoms with Crippen LogP contribution in [0.5, 0.6) is 0 Å². The zero-order valence-electron chi connectivity index (χ0n) is 11.9. The van der Waals surface area contributed by atoms with E-state index >= 15 is 0 Å². The molecular formula is C16H25N2OP. The summed E-state index contributed by atoms with van der Waals surface area (Å²) >= 11 is 0. The van der Waals surface area contributed by atoms with Gasteiger partial charge in [0, 0.05) is 18.6 Å². The standard InChI is InChI=1S/C16H25N2OP/c19-16-10-13(12-5-2-1-3-6-12)9-15(16)18-8-4-7-14(11-18)17-20/h1-3,5-6,13-17,19H,4,7-11,20H2/t13-,14?,15+,16+/m0/s1. The van der Waals surface area contributed by atoms with Crippen molar-refractivity contribution in [3.8, 4) is 0 Å². The maximum Gasteiger partial charge on any atom is 0.0701 e. The second kappa shape index (κ2) is 6.53. The van der Waals surface area contributed by atoms with E-state index in [9.17, 15) is 5.11 Å². The smallest absolute Gasteiger partial charge is 0.0701 e. The van der Waals surface area contributed by atoms with Crippen LogP contribution in [0.1, 0.15) is 37.2 Å². The van der Waals surface area contributed by atoms with Crippen LogP contribution in [0.25, 0.3) is 0 Å². The Bertz CT molecular complexity index is 428. The number of rotatable bonds is 3. The number of aliphatic hydroxyl groups excluding tert-OH is 1. The Labute approximate surface area is 124 Å². The van der Waals surface area contributed by atoms with Crippen molar-refractivity contribution in [2.75, 3.05) is 13.1 Å². The van der Waals surface area contributed by atoms with Crippen LogP contribution in [-0.2, 0) is 0 Å². The number of nitrogens with zero attached hydrogens (tertiary/aromatic N) is 1. The summed E-state index contributed by atoms with van der Waals surface area (Å²) in [6, 6.07) is 11.5. The molecule has 0 bridgehead atoms. The van der Waals surface area contributed by atoms with Crippen molar-refractivity contribution in [3.05, 3.63) is 35.9 Å². The molecule has 2 N–H and O–H groups in total. The van der Waals surface area contributed by atoms with E-state index in [1.807, 2.05) is 0 Å². The molecule has 1 aliphatic carbocycles. The van der Waals surface area contributed by atoms with Crippen LogP contribution in [0, 0.1) is 0 Å². The fraction of sp³-hybridized carbons (Fsp3) is 0.625. The molecule has 5 atom stereocenters. The van der Waals surface area contributed by atoms with Crippen molar-refractivity contribution in [2.45, 2.75) is 49.8 Å². The molecule has 1 aliphatic heterocycles. The molecule has 2 unspecified atom stereocenters. The fourth-order valence-corrected chi connectivity index (χ4v) is 4.10. The fourth-order valence-electron chi connectivity index (χ4n) is 3.83. The quantitative estimate of drug-likeness (QED) is 0.838. The highest BCUT2D eigenvalue weighted by molar-refractivity contribution is 7.13. The lowest BCUT2D eigenvalue weighted by molar-refractivity contribution is 0.0527. The molecule has 0 spiro atoms. The molecule has 4 heteroatoms. The van der Waals surface area contributed by atoms with Crippen LogP contribution in [0.4, 0.5) is 0 Å². The molecule has 110 valence electrons. The Hall–Kier alpha value is -0.470. The lowest BCUT2D eigenvalue weighted by atomic mass is 9.97. The van der Waals surface area contributed by atoms with Gasteiger partial charge in [0.2, 0.25) is 0 Å². The van der Waals surface area contributed by atoms with Crippen LogP contribution >= 0.6 is 9.39 Å². The summed E-state index contributed by atoms with van der Waals surface area (Å²) in [4.78, 5) is 2.50. The predicted octanol–water partition coefficient (Wildman–Crippen LogP) is 2.14. The lowest BCUT2D eigenvalue weighted by Crippen LogP contribution is -2.50. The zero-order valence-corrected chi connectivity index (χ0v) is 13.1. The van der Waals surface area contributed by atoms with Gasteiger partial charge in [0.25, 0.3) is 0 Å². The topological polar surface area (TPSA) is 35.5 Å². The molecule has 1 aromatic carbocycles. The van der Waals surface area contributed by atoms with Crippen LogP contribution in [0.15, 0.2) is 30.3 Å². The van der Waals surface area contributed by atoms with E-state index in [4.69, 9.17) is 0 Å². The summed E-state index contributed by atoms with van der Waals surface area (Å²) in [5, 5.41) is 13.8. The van der Waals surface area contributed by atoms with Gasteiger partial charge in [0.05, 0.1) is 6.10 Å². The van der Waals surface area contributed by atoms with Crippen LogP contribution < -0.4 is 5.09 Å². The maximum absolute atomic E-state index is 10.5. The summed E-state index contributed by atoms with van der Waals surface area (Å²) in [5.74, 6) is 0.514. The molecule has 1 saturated carbocycles. The first-order valence-corrected chi connectivity index (χ1v) is 8.29. The Morgan fingerprint density at radius 1 is 1.20 bits per heavy atom. The van der Waals surface area contributed by atoms with Crippen molar-refractivity contribution < 1.29 is 5.11 Å². The highest BCUT2D eigenvalue weighted by atomic mass is 31.0. The third-order valence-electron chi connectivity index (χ3n) is 4.92. The van der Waals surface area contributed by atoms with Crippen LogP contribution in [0.2, 0.25) is 0 Å². The van der Waals surface area contributed by atoms with Crippen molar-refractivity contribution >= 4 is 9.39 Å². The Morgan fingerprint density at radius 3 is 2.75 bits per heavy atom. The van der Waals surface area contributed by atoms with Gasteiger partial charge in [-0.15, -0.1) is 0 Å². The first-order valence-electron chi connectivity index (χ1n) is 7.71. The van der Waals surface area contributed by atoms with Gasteiger partial charge in [-0.25, -0.2) is 0 Å². The van der Waals surface area contributed by atoms with Crippen molar-refractivity contribution in [1.82, 2.24) is 9.99 Å². The van der Waals surface area contributed by atoms with E-state index in [1.54, 1.807) is 0 Å². The Balaban J connectivity index is 1.66. The second-order valence-corrected chi connectivity index (χ2v) is 6.55. The summed E-state index contributed by atoms with van der Waals surface area (Å²) in [7, 11) is 2.64. The summed E-state index contributed by atoms with van der Waals surface area (Å²) in [6.45, 7) is 2.19. The zero-order chi connectivity index (χ0) is 13.9. The number of aliphatic hydroxyl groups is 1. The molecule has 3 nitrogen and oxygen atoms in total. The van der Waals surface area contributed by atoms with Gasteiger partial charge in [-0.3, -0.25) is 9.99 Å². The molecular weight excluding hydrogens is 267 g/mol. The maximum atomic E-state index is 10.5. The number of piperidine rings is 1. The Kier molecular flexibility index (Phi) is 4.72. The second-order valence-electron chi connectivity index (χ2n) is 6.21. The number of hydrogen-bond donors (Lipinski definition) is 2. The number of nitrogens with one attached hydrogen (secondary N) is 1. The monoisotopic (exact) mass is 292 g/mol. The summed E-state index contributed by atoms with van der Waals surface area (Å²) < 4.78 is 0. The molecule has 0 radical (unpaired) electrons. The highest BCUT2D eigenvalue weighted by Gasteiger charge is 2.38. The lowest BCUT2D eigenvalue weighted by Gasteiger charge is -2.37. The first kappa shape index (κ1) is 14.5. The van der Waals surface area contributed by atoms with Gasteiger partial charge in [-0.05, 0) is 43.7 Å². The number of benzene rings is 1. The van der Waals surface area contributed by atoms with Gasteiger partial charge in [-0.1, -0.05) is 39.7 Å². The SMILES string of the molecule is O[C@@H]1C[C@@H](c2ccccc2)C[C@H]1N1CCCC(NP)C1. The minimum absolute atomic E-state index is 0.177. The third-order valence-corrected chi connectivity index (χ3v) is 5.40. The number of hydrogen-bond acceptors (Lipinski definition) is 3. The van der Waals surface area contributed by atoms with Crippen molar-refractivity contribution in [3.63, 3.8) is 0 Å². The van der Waals surface area contributed by atoms with E-state index in [-0.39, 0.29) is 6.10 Å². The van der Waals surface area contributed by atoms with Gasteiger partial charge < -0.3 is 5.11 Å². The average molecular weight is 292 g/mol. The molecule has 1 saturated heterocycles. The molecule has 0 aromatic heterocycles. The molecule has 1 heterocycles. The van der Waals surface area contributed by atoms with E-state index in [0.29, 0.717) is 18.0 Å². The molecule has 2 aliphatic rings. The largest absolute Gasteiger partial charge is 0.391 e. The van der Waals surface area contributed by atoms with Gasteiger partial charge in [-0.2, -0.15) is 0 Å². The highest BCUT2D eigenvalue weighted by Crippen LogP contribution is 2.37. The molecule has 1 aromatic rings. The molecule has 20 heavy (non-hydrogen) atoms. The van der Waals surface area contributed by atoms with Gasteiger partial charge in [0.15, 0.2) is 0 Å². The number of likely N-dealkylation sites (tertiary alicyclic amines) is 1. The van der Waals surface area contributed by atoms with Gasteiger partial charge >= 0.3 is 0 Å². The van der Waals surface area contributed by atoms with Crippen LogP contribution in [-0.4, -0.2) is 41.3 Å². The van der Waals surface area contributed by atoms with Crippen molar-refractivity contribution in [2.24, 2.45) is 0 Å². The van der Waals surface area contributed by atoms with E-state index in [2.05, 4.69) is 49.7 Å². The molecule has 2 fully saturated rings. The summed E-state index contributed by atoms with van der Waals surface area (Å²) in [6.07, 6.45) is 4.29. The van der Waals surface area contributed by atoms with E-state index in [0.717, 1.165) is 25.9 Å². The van der Waals surface area contributed by atoms with Gasteiger partial charge in [0.1, 0.15) is 0 Å². The summed E-state index contributed by atoms with van der Waals surface area (Å²) in [5.41, 5.74) is 1.38. The van der Waals surface area contributed by atoms with Crippen molar-refractivity contribution in [1.29, 1.82) is 0 Å². The minimum Gasteiger partial charge on any atom is -0.391 e. The third kappa shape index (κ3) is 3.07.